The summed E-state index contributed by atoms with van der Waals surface area (Å²) >= 11 is 0. The molecule has 33 heavy (non-hydrogen) atoms. The third kappa shape index (κ3) is 2.80. The van der Waals surface area contributed by atoms with Gasteiger partial charge in [-0.3, -0.25) is 0 Å². The Balaban J connectivity index is 1.59. The Morgan fingerprint density at radius 1 is 0.939 bits per heavy atom. The molecule has 0 aromatic heterocycles. The molecule has 3 heteroatoms. The van der Waals surface area contributed by atoms with E-state index in [1.54, 1.807) is 5.57 Å². The van der Waals surface area contributed by atoms with Crippen LogP contribution in [0.2, 0.25) is 0 Å². The fourth-order valence-corrected chi connectivity index (χ4v) is 11.3. The van der Waals surface area contributed by atoms with Crippen LogP contribution in [0.5, 0.6) is 0 Å². The molecule has 10 atom stereocenters. The molecule has 4 fully saturated rings. The number of fused-ring (bicyclic) bond motifs is 7. The second-order valence-electron chi connectivity index (χ2n) is 14.7. The second-order valence-corrected chi connectivity index (χ2v) is 14.7. The van der Waals surface area contributed by atoms with Crippen molar-refractivity contribution < 1.29 is 15.3 Å². The van der Waals surface area contributed by atoms with E-state index in [4.69, 9.17) is 0 Å². The summed E-state index contributed by atoms with van der Waals surface area (Å²) in [6.07, 6.45) is 10.6. The molecular weight excluding hydrogens is 408 g/mol. The van der Waals surface area contributed by atoms with Crippen molar-refractivity contribution >= 4 is 0 Å². The first-order valence-corrected chi connectivity index (χ1v) is 14.0. The van der Waals surface area contributed by atoms with Gasteiger partial charge in [-0.2, -0.15) is 0 Å². The summed E-state index contributed by atoms with van der Waals surface area (Å²) in [6.45, 7) is 16.9. The van der Waals surface area contributed by atoms with Crippen molar-refractivity contribution in [2.75, 3.05) is 6.61 Å². The van der Waals surface area contributed by atoms with Crippen LogP contribution in [-0.4, -0.2) is 34.1 Å². The van der Waals surface area contributed by atoms with E-state index in [-0.39, 0.29) is 51.8 Å². The lowest BCUT2D eigenvalue weighted by Crippen LogP contribution is -2.64. The fraction of sp³-hybridized carbons (Fsp3) is 0.933. The number of hydrogen-bond acceptors (Lipinski definition) is 3. The summed E-state index contributed by atoms with van der Waals surface area (Å²) < 4.78 is 0. The van der Waals surface area contributed by atoms with Gasteiger partial charge in [-0.1, -0.05) is 60.1 Å². The molecule has 0 aliphatic heterocycles. The average molecular weight is 459 g/mol. The smallest absolute Gasteiger partial charge is 0.0594 e. The van der Waals surface area contributed by atoms with Gasteiger partial charge in [0.1, 0.15) is 0 Å². The van der Waals surface area contributed by atoms with Crippen LogP contribution in [0, 0.1) is 56.7 Å². The number of rotatable bonds is 2. The van der Waals surface area contributed by atoms with Gasteiger partial charge in [-0.15, -0.1) is 0 Å². The maximum absolute atomic E-state index is 11.5. The zero-order valence-electron chi connectivity index (χ0n) is 22.3. The van der Waals surface area contributed by atoms with E-state index >= 15 is 0 Å². The molecule has 5 aliphatic carbocycles. The Bertz CT molecular complexity index is 830. The first-order valence-electron chi connectivity index (χ1n) is 14.0. The van der Waals surface area contributed by atoms with E-state index in [1.807, 2.05) is 0 Å². The van der Waals surface area contributed by atoms with Crippen molar-refractivity contribution in [3.05, 3.63) is 11.6 Å². The number of hydrogen-bond donors (Lipinski definition) is 3. The van der Waals surface area contributed by atoms with Crippen molar-refractivity contribution in [3.63, 3.8) is 0 Å². The van der Waals surface area contributed by atoms with E-state index in [9.17, 15) is 15.3 Å². The fourth-order valence-electron chi connectivity index (χ4n) is 11.3. The SMILES string of the molecule is CC(C)[C@@H]1C[C@@H](O)[C@H]2[C@@]1(CO)CC[C@@]1(C)[C@@H]3CC[C@H]4C(C)(C)[C@@H](O)CC[C@]4(C)C3=CC[C@]21C. The lowest BCUT2D eigenvalue weighted by Gasteiger charge is -2.69. The summed E-state index contributed by atoms with van der Waals surface area (Å²) in [5.74, 6) is 2.17. The summed E-state index contributed by atoms with van der Waals surface area (Å²) in [7, 11) is 0. The van der Waals surface area contributed by atoms with Crippen LogP contribution in [-0.2, 0) is 0 Å². The molecule has 0 spiro atoms. The van der Waals surface area contributed by atoms with Crippen LogP contribution in [0.15, 0.2) is 11.6 Å². The standard InChI is InChI=1S/C30H50O3/c1-18(2)21-16-22(32)25-29(7)13-10-19-20(28(29,6)14-15-30(21,25)17-31)8-9-23-26(3,4)24(33)11-12-27(19,23)5/h10,18,20-25,31-33H,8-9,11-17H2,1-7H3/t20-,21+,22-,23+,24+,25-,27-,28+,29-,30-/m1/s1. The molecule has 5 rings (SSSR count). The second kappa shape index (κ2) is 7.32. The van der Waals surface area contributed by atoms with Gasteiger partial charge in [-0.25, -0.2) is 0 Å². The Kier molecular flexibility index (Phi) is 5.40. The third-order valence-corrected chi connectivity index (χ3v) is 13.2. The monoisotopic (exact) mass is 458 g/mol. The van der Waals surface area contributed by atoms with Crippen LogP contribution in [0.3, 0.4) is 0 Å². The highest BCUT2D eigenvalue weighted by Crippen LogP contribution is 2.76. The highest BCUT2D eigenvalue weighted by Gasteiger charge is 2.71. The van der Waals surface area contributed by atoms with E-state index in [0.29, 0.717) is 23.7 Å². The zero-order chi connectivity index (χ0) is 24.2. The van der Waals surface area contributed by atoms with Crippen LogP contribution in [0.25, 0.3) is 0 Å². The average Bonchev–Trinajstić information content (AvgIpc) is 3.06. The summed E-state index contributed by atoms with van der Waals surface area (Å²) in [5, 5.41) is 33.2. The molecule has 3 N–H and O–H groups in total. The number of aliphatic hydroxyl groups excluding tert-OH is 3. The third-order valence-electron chi connectivity index (χ3n) is 13.2. The minimum absolute atomic E-state index is 0.0120. The predicted octanol–water partition coefficient (Wildman–Crippen LogP) is 5.97. The molecule has 5 aliphatic rings. The quantitative estimate of drug-likeness (QED) is 0.447. The summed E-state index contributed by atoms with van der Waals surface area (Å²) in [6, 6.07) is 0. The van der Waals surface area contributed by atoms with Gasteiger partial charge >= 0.3 is 0 Å². The molecule has 0 aromatic rings. The van der Waals surface area contributed by atoms with Gasteiger partial charge in [0.2, 0.25) is 0 Å². The minimum atomic E-state index is -0.306. The van der Waals surface area contributed by atoms with Gasteiger partial charge in [0.15, 0.2) is 0 Å². The zero-order valence-corrected chi connectivity index (χ0v) is 22.3. The number of aliphatic hydroxyl groups is 3. The minimum Gasteiger partial charge on any atom is -0.396 e. The first-order chi connectivity index (χ1) is 15.3. The van der Waals surface area contributed by atoms with Gasteiger partial charge in [0.05, 0.1) is 12.2 Å². The molecule has 0 unspecified atom stereocenters. The summed E-state index contributed by atoms with van der Waals surface area (Å²) in [4.78, 5) is 0. The first kappa shape index (κ1) is 24.3. The normalized spacial score (nSPS) is 55.3. The molecule has 0 amide bonds. The van der Waals surface area contributed by atoms with Crippen molar-refractivity contribution in [3.8, 4) is 0 Å². The van der Waals surface area contributed by atoms with Crippen LogP contribution < -0.4 is 0 Å². The van der Waals surface area contributed by atoms with Gasteiger partial charge in [-0.05, 0) is 103 Å². The topological polar surface area (TPSA) is 60.7 Å². The molecule has 4 saturated carbocycles. The van der Waals surface area contributed by atoms with Crippen molar-refractivity contribution in [2.45, 2.75) is 112 Å². The molecule has 0 radical (unpaired) electrons. The van der Waals surface area contributed by atoms with Crippen LogP contribution in [0.1, 0.15) is 99.8 Å². The maximum atomic E-state index is 11.5. The largest absolute Gasteiger partial charge is 0.396 e. The van der Waals surface area contributed by atoms with E-state index < -0.39 is 0 Å². The van der Waals surface area contributed by atoms with Crippen LogP contribution in [0.4, 0.5) is 0 Å². The molecule has 0 bridgehead atoms. The number of allylic oxidation sites excluding steroid dienone is 2. The van der Waals surface area contributed by atoms with Gasteiger partial charge in [0, 0.05) is 12.0 Å². The van der Waals surface area contributed by atoms with Crippen LogP contribution >= 0.6 is 0 Å². The Hall–Kier alpha value is -0.380. The molecule has 0 heterocycles. The lowest BCUT2D eigenvalue weighted by atomic mass is 9.35. The Morgan fingerprint density at radius 2 is 1.64 bits per heavy atom. The summed E-state index contributed by atoms with van der Waals surface area (Å²) in [5.41, 5.74) is 1.86. The van der Waals surface area contributed by atoms with E-state index in [0.717, 1.165) is 38.5 Å². The Morgan fingerprint density at radius 3 is 2.27 bits per heavy atom. The van der Waals surface area contributed by atoms with Crippen molar-refractivity contribution in [1.29, 1.82) is 0 Å². The van der Waals surface area contributed by atoms with Crippen molar-refractivity contribution in [1.82, 2.24) is 0 Å². The Labute approximate surface area is 202 Å². The molecular formula is C30H50O3. The van der Waals surface area contributed by atoms with Crippen molar-refractivity contribution in [2.24, 2.45) is 56.7 Å². The van der Waals surface area contributed by atoms with E-state index in [2.05, 4.69) is 54.5 Å². The highest BCUT2D eigenvalue weighted by molar-refractivity contribution is 5.33. The molecule has 0 aromatic carbocycles. The molecule has 0 saturated heterocycles. The lowest BCUT2D eigenvalue weighted by molar-refractivity contribution is -0.193. The van der Waals surface area contributed by atoms with E-state index in [1.165, 1.54) is 12.8 Å². The molecule has 188 valence electrons. The predicted molar refractivity (Wildman–Crippen MR) is 133 cm³/mol. The maximum Gasteiger partial charge on any atom is 0.0594 e. The van der Waals surface area contributed by atoms with Gasteiger partial charge in [0.25, 0.3) is 0 Å². The highest BCUT2D eigenvalue weighted by atomic mass is 16.3. The molecule has 3 nitrogen and oxygen atoms in total. The van der Waals surface area contributed by atoms with Gasteiger partial charge < -0.3 is 15.3 Å².